The van der Waals surface area contributed by atoms with E-state index in [0.717, 1.165) is 49.2 Å². The van der Waals surface area contributed by atoms with Crippen molar-refractivity contribution in [3.8, 4) is 16.9 Å². The van der Waals surface area contributed by atoms with Gasteiger partial charge in [0, 0.05) is 18.5 Å². The molecule has 2 aromatic rings. The topological polar surface area (TPSA) is 50.8 Å². The minimum atomic E-state index is -0.570. The van der Waals surface area contributed by atoms with Crippen LogP contribution in [0.15, 0.2) is 42.5 Å². The van der Waals surface area contributed by atoms with Crippen molar-refractivity contribution in [2.75, 3.05) is 26.2 Å². The lowest BCUT2D eigenvalue weighted by atomic mass is 9.85. The fraction of sp³-hybridized carbons (Fsp3) is 0.458. The van der Waals surface area contributed by atoms with E-state index < -0.39 is 5.54 Å². The summed E-state index contributed by atoms with van der Waals surface area (Å²) in [6, 6.07) is 12.3. The summed E-state index contributed by atoms with van der Waals surface area (Å²) in [5.41, 5.74) is 2.02. The minimum absolute atomic E-state index is 0.0224. The van der Waals surface area contributed by atoms with Crippen molar-refractivity contribution in [1.29, 1.82) is 0 Å². The number of benzene rings is 2. The van der Waals surface area contributed by atoms with Gasteiger partial charge in [0.25, 0.3) is 0 Å². The highest BCUT2D eigenvalue weighted by atomic mass is 19.1. The minimum Gasteiger partial charge on any atom is -0.493 e. The maximum Gasteiger partial charge on any atom is 0.408 e. The van der Waals surface area contributed by atoms with E-state index in [2.05, 4.69) is 10.2 Å². The molecular formula is C24H27FN2O3. The standard InChI is InChI=1S/C24H27FN2O3/c1-24(26-23(28)30-22-15-27-10-7-16(22)8-11-27)9-12-29-21-14-18(5-6-20(21)24)17-3-2-4-19(25)13-17/h2-6,13-14,16,22H,7-12,15H2,1H3,(H,26,28)/t22-,24?/m0/s1. The van der Waals surface area contributed by atoms with Crippen LogP contribution in [0.3, 0.4) is 0 Å². The first-order valence-corrected chi connectivity index (χ1v) is 10.7. The van der Waals surface area contributed by atoms with Gasteiger partial charge < -0.3 is 14.8 Å². The molecule has 2 aromatic carbocycles. The second-order valence-electron chi connectivity index (χ2n) is 8.86. The van der Waals surface area contributed by atoms with Crippen LogP contribution in [-0.2, 0) is 10.3 Å². The van der Waals surface area contributed by atoms with Crippen molar-refractivity contribution in [3.63, 3.8) is 0 Å². The molecule has 1 amide bonds. The second kappa shape index (κ2) is 7.58. The number of hydrogen-bond donors (Lipinski definition) is 1. The number of hydrogen-bond acceptors (Lipinski definition) is 4. The number of ether oxygens (including phenoxy) is 2. The van der Waals surface area contributed by atoms with E-state index in [4.69, 9.17) is 9.47 Å². The van der Waals surface area contributed by atoms with Crippen molar-refractivity contribution in [3.05, 3.63) is 53.8 Å². The van der Waals surface area contributed by atoms with Crippen molar-refractivity contribution in [2.24, 2.45) is 5.92 Å². The van der Waals surface area contributed by atoms with Crippen LogP contribution in [0.4, 0.5) is 9.18 Å². The molecule has 2 bridgehead atoms. The van der Waals surface area contributed by atoms with E-state index in [0.29, 0.717) is 24.7 Å². The highest BCUT2D eigenvalue weighted by molar-refractivity contribution is 5.71. The Morgan fingerprint density at radius 3 is 2.73 bits per heavy atom. The summed E-state index contributed by atoms with van der Waals surface area (Å²) >= 11 is 0. The van der Waals surface area contributed by atoms with Crippen molar-refractivity contribution < 1.29 is 18.7 Å². The largest absolute Gasteiger partial charge is 0.493 e. The number of piperidine rings is 3. The fourth-order valence-corrected chi connectivity index (χ4v) is 5.01. The Morgan fingerprint density at radius 2 is 2.00 bits per heavy atom. The molecule has 3 saturated heterocycles. The average Bonchev–Trinajstić information content (AvgIpc) is 2.74. The molecule has 2 atom stereocenters. The molecule has 0 aromatic heterocycles. The van der Waals surface area contributed by atoms with E-state index in [1.54, 1.807) is 6.07 Å². The number of alkyl carbamates (subject to hydrolysis) is 1. The molecular weight excluding hydrogens is 383 g/mol. The highest BCUT2D eigenvalue weighted by Gasteiger charge is 2.39. The van der Waals surface area contributed by atoms with Gasteiger partial charge >= 0.3 is 6.09 Å². The first-order valence-electron chi connectivity index (χ1n) is 10.7. The van der Waals surface area contributed by atoms with Crippen LogP contribution in [0.5, 0.6) is 5.75 Å². The van der Waals surface area contributed by atoms with E-state index in [9.17, 15) is 9.18 Å². The van der Waals surface area contributed by atoms with Crippen LogP contribution in [-0.4, -0.2) is 43.3 Å². The zero-order valence-electron chi connectivity index (χ0n) is 17.2. The summed E-state index contributed by atoms with van der Waals surface area (Å²) in [5.74, 6) is 0.922. The molecule has 1 unspecified atom stereocenters. The predicted molar refractivity (Wildman–Crippen MR) is 112 cm³/mol. The molecule has 4 aliphatic heterocycles. The summed E-state index contributed by atoms with van der Waals surface area (Å²) in [6.07, 6.45) is 2.49. The van der Waals surface area contributed by atoms with Crippen molar-refractivity contribution >= 4 is 6.09 Å². The third-order valence-electron chi connectivity index (χ3n) is 6.83. The molecule has 0 radical (unpaired) electrons. The van der Waals surface area contributed by atoms with Gasteiger partial charge in [0.05, 0.1) is 12.1 Å². The molecule has 6 rings (SSSR count). The third-order valence-corrected chi connectivity index (χ3v) is 6.83. The highest BCUT2D eigenvalue weighted by Crippen LogP contribution is 2.39. The SMILES string of the molecule is CC1(NC(=O)O[C@H]2CN3CCC2CC3)CCOc2cc(-c3cccc(F)c3)ccc21. The predicted octanol–water partition coefficient (Wildman–Crippen LogP) is 4.31. The normalized spacial score (nSPS) is 29.6. The molecule has 0 saturated carbocycles. The number of carbonyl (C=O) groups excluding carboxylic acids is 1. The molecule has 4 heterocycles. The van der Waals surface area contributed by atoms with E-state index in [-0.39, 0.29) is 18.0 Å². The Labute approximate surface area is 176 Å². The van der Waals surface area contributed by atoms with Gasteiger partial charge in [-0.05, 0) is 68.1 Å². The molecule has 0 spiro atoms. The maximum absolute atomic E-state index is 13.6. The number of fused-ring (bicyclic) bond motifs is 4. The Bertz CT molecular complexity index is 957. The monoisotopic (exact) mass is 410 g/mol. The molecule has 4 aliphatic rings. The van der Waals surface area contributed by atoms with Crippen LogP contribution in [0.1, 0.15) is 31.7 Å². The van der Waals surface area contributed by atoms with E-state index >= 15 is 0 Å². The summed E-state index contributed by atoms with van der Waals surface area (Å²) in [4.78, 5) is 15.1. The van der Waals surface area contributed by atoms with Crippen molar-refractivity contribution in [2.45, 2.75) is 37.8 Å². The van der Waals surface area contributed by atoms with Crippen molar-refractivity contribution in [1.82, 2.24) is 10.2 Å². The van der Waals surface area contributed by atoms with E-state index in [1.165, 1.54) is 12.1 Å². The van der Waals surface area contributed by atoms with Crippen LogP contribution in [0.2, 0.25) is 0 Å². The van der Waals surface area contributed by atoms with Gasteiger partial charge in [0.1, 0.15) is 17.7 Å². The number of amides is 1. The van der Waals surface area contributed by atoms with E-state index in [1.807, 2.05) is 31.2 Å². The van der Waals surface area contributed by atoms with Gasteiger partial charge in [0.2, 0.25) is 0 Å². The lowest BCUT2D eigenvalue weighted by molar-refractivity contribution is -0.0358. The smallest absolute Gasteiger partial charge is 0.408 e. The third kappa shape index (κ3) is 3.65. The number of nitrogens with zero attached hydrogens (tertiary/aromatic N) is 1. The average molecular weight is 410 g/mol. The van der Waals surface area contributed by atoms with Crippen LogP contribution < -0.4 is 10.1 Å². The number of nitrogens with one attached hydrogen (secondary N) is 1. The molecule has 30 heavy (non-hydrogen) atoms. The zero-order valence-corrected chi connectivity index (χ0v) is 17.2. The Balaban J connectivity index is 1.33. The lowest BCUT2D eigenvalue weighted by Crippen LogP contribution is -2.54. The fourth-order valence-electron chi connectivity index (χ4n) is 5.01. The summed E-state index contributed by atoms with van der Waals surface area (Å²) < 4.78 is 25.3. The first kappa shape index (κ1) is 19.4. The Kier molecular flexibility index (Phi) is 4.89. The summed E-state index contributed by atoms with van der Waals surface area (Å²) in [6.45, 7) is 5.57. The van der Waals surface area contributed by atoms with Crippen LogP contribution in [0.25, 0.3) is 11.1 Å². The van der Waals surface area contributed by atoms with Gasteiger partial charge in [-0.15, -0.1) is 0 Å². The molecule has 0 aliphatic carbocycles. The Morgan fingerprint density at radius 1 is 1.20 bits per heavy atom. The number of carbonyl (C=O) groups is 1. The van der Waals surface area contributed by atoms with Crippen LogP contribution >= 0.6 is 0 Å². The first-order chi connectivity index (χ1) is 14.5. The second-order valence-corrected chi connectivity index (χ2v) is 8.86. The van der Waals surface area contributed by atoms with Crippen LogP contribution in [0, 0.1) is 11.7 Å². The number of rotatable bonds is 3. The molecule has 6 heteroatoms. The zero-order chi connectivity index (χ0) is 20.7. The molecule has 158 valence electrons. The summed E-state index contributed by atoms with van der Waals surface area (Å²) in [7, 11) is 0. The maximum atomic E-state index is 13.6. The van der Waals surface area contributed by atoms with Gasteiger partial charge in [0.15, 0.2) is 0 Å². The van der Waals surface area contributed by atoms with Gasteiger partial charge in [-0.2, -0.15) is 0 Å². The quantitative estimate of drug-likeness (QED) is 0.819. The summed E-state index contributed by atoms with van der Waals surface area (Å²) in [5, 5.41) is 3.11. The molecule has 3 fully saturated rings. The van der Waals surface area contributed by atoms with Gasteiger partial charge in [-0.1, -0.05) is 24.3 Å². The molecule has 5 nitrogen and oxygen atoms in total. The lowest BCUT2D eigenvalue weighted by Gasteiger charge is -2.44. The molecule has 1 N–H and O–H groups in total. The van der Waals surface area contributed by atoms with Gasteiger partial charge in [-0.3, -0.25) is 4.90 Å². The number of halogens is 1. The Hall–Kier alpha value is -2.60. The van der Waals surface area contributed by atoms with Gasteiger partial charge in [-0.25, -0.2) is 9.18 Å².